The smallest absolute Gasteiger partial charge is 0.282 e. The van der Waals surface area contributed by atoms with Gasteiger partial charge in [0.15, 0.2) is 5.79 Å². The average molecular weight is 292 g/mol. The number of ether oxygens (including phenoxy) is 2. The van der Waals surface area contributed by atoms with Crippen LogP contribution in [0.3, 0.4) is 0 Å². The molecule has 1 amide bonds. The molecule has 0 aliphatic carbocycles. The zero-order chi connectivity index (χ0) is 14.9. The molecule has 21 heavy (non-hydrogen) atoms. The van der Waals surface area contributed by atoms with E-state index < -0.39 is 10.7 Å². The van der Waals surface area contributed by atoms with Crippen LogP contribution in [0.1, 0.15) is 23.2 Å². The highest BCUT2D eigenvalue weighted by Gasteiger charge is 2.41. The molecule has 0 aromatic heterocycles. The highest BCUT2D eigenvalue weighted by atomic mass is 16.7. The fourth-order valence-corrected chi connectivity index (χ4v) is 2.82. The van der Waals surface area contributed by atoms with Crippen LogP contribution in [-0.2, 0) is 9.47 Å². The lowest BCUT2D eigenvalue weighted by molar-refractivity contribution is -0.385. The molecule has 0 saturated carbocycles. The number of nitro groups is 1. The highest BCUT2D eigenvalue weighted by Crippen LogP contribution is 2.32. The van der Waals surface area contributed by atoms with Gasteiger partial charge in [-0.25, -0.2) is 0 Å². The van der Waals surface area contributed by atoms with Gasteiger partial charge in [0, 0.05) is 32.0 Å². The van der Waals surface area contributed by atoms with E-state index in [1.807, 2.05) is 0 Å². The molecule has 7 heteroatoms. The number of piperidine rings is 1. The molecule has 1 aromatic rings. The van der Waals surface area contributed by atoms with Crippen molar-refractivity contribution in [2.24, 2.45) is 0 Å². The Labute approximate surface area is 121 Å². The molecule has 2 heterocycles. The molecule has 0 radical (unpaired) electrons. The monoisotopic (exact) mass is 292 g/mol. The Bertz CT molecular complexity index is 558. The van der Waals surface area contributed by atoms with E-state index in [2.05, 4.69) is 0 Å². The van der Waals surface area contributed by atoms with Gasteiger partial charge in [-0.3, -0.25) is 14.9 Å². The van der Waals surface area contributed by atoms with Gasteiger partial charge in [-0.15, -0.1) is 0 Å². The van der Waals surface area contributed by atoms with Gasteiger partial charge >= 0.3 is 0 Å². The summed E-state index contributed by atoms with van der Waals surface area (Å²) < 4.78 is 11.2. The quantitative estimate of drug-likeness (QED) is 0.610. The zero-order valence-electron chi connectivity index (χ0n) is 11.5. The Morgan fingerprint density at radius 2 is 1.81 bits per heavy atom. The van der Waals surface area contributed by atoms with Crippen molar-refractivity contribution < 1.29 is 19.2 Å². The van der Waals surface area contributed by atoms with Gasteiger partial charge in [-0.05, 0) is 6.07 Å². The summed E-state index contributed by atoms with van der Waals surface area (Å²) in [6, 6.07) is 6.03. The number of likely N-dealkylation sites (tertiary alicyclic amines) is 1. The van der Waals surface area contributed by atoms with Gasteiger partial charge in [0.05, 0.1) is 18.1 Å². The summed E-state index contributed by atoms with van der Waals surface area (Å²) in [5, 5.41) is 11.0. The van der Waals surface area contributed by atoms with Crippen molar-refractivity contribution in [2.45, 2.75) is 18.6 Å². The minimum Gasteiger partial charge on any atom is -0.347 e. The molecule has 2 aliphatic rings. The number of hydrogen-bond acceptors (Lipinski definition) is 5. The van der Waals surface area contributed by atoms with Crippen LogP contribution in [0, 0.1) is 10.1 Å². The summed E-state index contributed by atoms with van der Waals surface area (Å²) in [4.78, 5) is 24.6. The van der Waals surface area contributed by atoms with Gasteiger partial charge in [0.1, 0.15) is 5.56 Å². The largest absolute Gasteiger partial charge is 0.347 e. The van der Waals surface area contributed by atoms with Crippen LogP contribution in [0.2, 0.25) is 0 Å². The van der Waals surface area contributed by atoms with Gasteiger partial charge in [0.25, 0.3) is 11.6 Å². The summed E-state index contributed by atoms with van der Waals surface area (Å²) >= 11 is 0. The lowest BCUT2D eigenvalue weighted by Gasteiger charge is -2.37. The van der Waals surface area contributed by atoms with Crippen LogP contribution >= 0.6 is 0 Å². The number of carbonyl (C=O) groups excluding carboxylic acids is 1. The summed E-state index contributed by atoms with van der Waals surface area (Å²) in [5.74, 6) is -0.866. The molecule has 1 aromatic carbocycles. The predicted molar refractivity (Wildman–Crippen MR) is 72.9 cm³/mol. The van der Waals surface area contributed by atoms with E-state index in [0.717, 1.165) is 0 Å². The molecular weight excluding hydrogens is 276 g/mol. The normalized spacial score (nSPS) is 20.7. The van der Waals surface area contributed by atoms with Crippen molar-refractivity contribution in [3.63, 3.8) is 0 Å². The standard InChI is InChI=1S/C14H16N2O5/c17-13(11-3-1-2-4-12(11)16(18)19)15-7-5-14(6-8-15)20-9-10-21-14/h1-4H,5-10H2. The van der Waals surface area contributed by atoms with Gasteiger partial charge in [-0.1, -0.05) is 12.1 Å². The highest BCUT2D eigenvalue weighted by molar-refractivity contribution is 5.98. The first kappa shape index (κ1) is 14.0. The fourth-order valence-electron chi connectivity index (χ4n) is 2.82. The van der Waals surface area contributed by atoms with Crippen molar-refractivity contribution in [3.8, 4) is 0 Å². The fraction of sp³-hybridized carbons (Fsp3) is 0.500. The first-order valence-corrected chi connectivity index (χ1v) is 6.92. The topological polar surface area (TPSA) is 81.9 Å². The van der Waals surface area contributed by atoms with Crippen molar-refractivity contribution in [1.29, 1.82) is 0 Å². The number of rotatable bonds is 2. The van der Waals surface area contributed by atoms with E-state index >= 15 is 0 Å². The van der Waals surface area contributed by atoms with Crippen LogP contribution in [0.5, 0.6) is 0 Å². The zero-order valence-corrected chi connectivity index (χ0v) is 11.5. The minimum absolute atomic E-state index is 0.131. The van der Waals surface area contributed by atoms with Crippen LogP contribution in [0.15, 0.2) is 24.3 Å². The van der Waals surface area contributed by atoms with Crippen molar-refractivity contribution in [1.82, 2.24) is 4.90 Å². The van der Waals surface area contributed by atoms with E-state index in [1.165, 1.54) is 12.1 Å². The first-order chi connectivity index (χ1) is 10.1. The lowest BCUT2D eigenvalue weighted by atomic mass is 10.0. The van der Waals surface area contributed by atoms with E-state index in [9.17, 15) is 14.9 Å². The Morgan fingerprint density at radius 1 is 1.19 bits per heavy atom. The SMILES string of the molecule is O=C(c1ccccc1[N+](=O)[O-])N1CCC2(CC1)OCCO2. The second-order valence-electron chi connectivity index (χ2n) is 5.17. The second kappa shape index (κ2) is 5.42. The predicted octanol–water partition coefficient (Wildman–Crippen LogP) is 1.57. The average Bonchev–Trinajstić information content (AvgIpc) is 2.95. The summed E-state index contributed by atoms with van der Waals surface area (Å²) in [6.45, 7) is 2.12. The number of benzene rings is 1. The summed E-state index contributed by atoms with van der Waals surface area (Å²) in [7, 11) is 0. The molecule has 0 unspecified atom stereocenters. The minimum atomic E-state index is -0.556. The van der Waals surface area contributed by atoms with Crippen LogP contribution in [-0.4, -0.2) is 47.8 Å². The van der Waals surface area contributed by atoms with E-state index in [0.29, 0.717) is 39.1 Å². The van der Waals surface area contributed by atoms with Crippen LogP contribution < -0.4 is 0 Å². The van der Waals surface area contributed by atoms with Crippen molar-refractivity contribution in [2.75, 3.05) is 26.3 Å². The molecule has 2 aliphatic heterocycles. The Morgan fingerprint density at radius 3 is 2.43 bits per heavy atom. The molecule has 112 valence electrons. The number of para-hydroxylation sites is 1. The van der Waals surface area contributed by atoms with Crippen LogP contribution in [0.25, 0.3) is 0 Å². The van der Waals surface area contributed by atoms with E-state index in [4.69, 9.17) is 9.47 Å². The van der Waals surface area contributed by atoms with E-state index in [-0.39, 0.29) is 17.2 Å². The second-order valence-corrected chi connectivity index (χ2v) is 5.17. The Kier molecular flexibility index (Phi) is 3.60. The summed E-state index contributed by atoms with van der Waals surface area (Å²) in [5.41, 5.74) is -0.0251. The molecule has 0 bridgehead atoms. The van der Waals surface area contributed by atoms with Gasteiger partial charge < -0.3 is 14.4 Å². The number of nitrogens with zero attached hydrogens (tertiary/aromatic N) is 2. The Balaban J connectivity index is 1.74. The van der Waals surface area contributed by atoms with Crippen molar-refractivity contribution in [3.05, 3.63) is 39.9 Å². The molecule has 2 fully saturated rings. The third-order valence-corrected chi connectivity index (χ3v) is 3.96. The van der Waals surface area contributed by atoms with Crippen LogP contribution in [0.4, 0.5) is 5.69 Å². The number of hydrogen-bond donors (Lipinski definition) is 0. The number of carbonyl (C=O) groups is 1. The van der Waals surface area contributed by atoms with Crippen molar-refractivity contribution >= 4 is 11.6 Å². The Hall–Kier alpha value is -1.99. The maximum Gasteiger partial charge on any atom is 0.282 e. The maximum atomic E-state index is 12.5. The maximum absolute atomic E-state index is 12.5. The molecule has 1 spiro atoms. The number of nitro benzene ring substituents is 1. The third kappa shape index (κ3) is 2.62. The summed E-state index contributed by atoms with van der Waals surface area (Å²) in [6.07, 6.45) is 1.19. The third-order valence-electron chi connectivity index (χ3n) is 3.96. The van der Waals surface area contributed by atoms with Gasteiger partial charge in [-0.2, -0.15) is 0 Å². The molecule has 0 N–H and O–H groups in total. The molecule has 2 saturated heterocycles. The van der Waals surface area contributed by atoms with Gasteiger partial charge in [0.2, 0.25) is 0 Å². The molecule has 3 rings (SSSR count). The molecule has 0 atom stereocenters. The molecular formula is C14H16N2O5. The first-order valence-electron chi connectivity index (χ1n) is 6.92. The van der Waals surface area contributed by atoms with E-state index in [1.54, 1.807) is 17.0 Å². The number of amides is 1. The lowest BCUT2D eigenvalue weighted by Crippen LogP contribution is -2.47. The molecule has 7 nitrogen and oxygen atoms in total.